The number of hydrogen-bond acceptors (Lipinski definition) is 5. The minimum absolute atomic E-state index is 0.00156. The number of aliphatic hydroxyl groups is 1. The third-order valence-corrected chi connectivity index (χ3v) is 5.03. The fourth-order valence-corrected chi connectivity index (χ4v) is 3.13. The second-order valence-electron chi connectivity index (χ2n) is 7.25. The van der Waals surface area contributed by atoms with E-state index in [0.717, 1.165) is 4.90 Å². The highest BCUT2D eigenvalue weighted by molar-refractivity contribution is 5.96. The van der Waals surface area contributed by atoms with Gasteiger partial charge >= 0.3 is 12.1 Å². The van der Waals surface area contributed by atoms with Gasteiger partial charge < -0.3 is 19.6 Å². The standard InChI is InChI=1S/C19H23F3N2O5/c1-11-10-24(17(27)18(3,28)19(20,21)22)12(2)9-23(11)15(25)13-5-7-14(8-6-13)16(26)29-4/h5-8,11-12,28H,9-10H2,1-4H3/t11-,12+,18-/m1/s1. The lowest BCUT2D eigenvalue weighted by Gasteiger charge is -2.46. The second kappa shape index (κ2) is 8.02. The molecule has 0 radical (unpaired) electrons. The van der Waals surface area contributed by atoms with Crippen LogP contribution in [0.4, 0.5) is 13.2 Å². The van der Waals surface area contributed by atoms with E-state index in [-0.39, 0.29) is 24.6 Å². The van der Waals surface area contributed by atoms with E-state index in [2.05, 4.69) is 4.74 Å². The quantitative estimate of drug-likeness (QED) is 0.760. The number of ether oxygens (including phenoxy) is 1. The minimum Gasteiger partial charge on any atom is -0.465 e. The SMILES string of the molecule is COC(=O)c1ccc(C(=O)N2C[C@H](C)N(C(=O)[C@@](C)(O)C(F)(F)F)C[C@H]2C)cc1. The van der Waals surface area contributed by atoms with Crippen LogP contribution in [0.1, 0.15) is 41.5 Å². The topological polar surface area (TPSA) is 87.2 Å². The molecule has 1 aromatic carbocycles. The molecule has 0 saturated carbocycles. The molecule has 1 aromatic rings. The van der Waals surface area contributed by atoms with Crippen molar-refractivity contribution >= 4 is 17.8 Å². The molecular formula is C19H23F3N2O5. The molecule has 160 valence electrons. The van der Waals surface area contributed by atoms with Crippen LogP contribution in [-0.4, -0.2) is 76.8 Å². The molecule has 2 amide bonds. The third kappa shape index (κ3) is 4.36. The van der Waals surface area contributed by atoms with E-state index < -0.39 is 35.7 Å². The van der Waals surface area contributed by atoms with E-state index in [9.17, 15) is 32.7 Å². The van der Waals surface area contributed by atoms with Crippen LogP contribution < -0.4 is 0 Å². The van der Waals surface area contributed by atoms with E-state index in [0.29, 0.717) is 12.5 Å². The first-order chi connectivity index (χ1) is 13.3. The molecular weight excluding hydrogens is 393 g/mol. The van der Waals surface area contributed by atoms with Crippen molar-refractivity contribution < 1.29 is 37.4 Å². The summed E-state index contributed by atoms with van der Waals surface area (Å²) in [6, 6.07) is 4.48. The van der Waals surface area contributed by atoms with Crippen molar-refractivity contribution in [1.82, 2.24) is 9.80 Å². The maximum Gasteiger partial charge on any atom is 0.426 e. The number of alkyl halides is 3. The maximum absolute atomic E-state index is 13.0. The predicted octanol–water partition coefficient (Wildman–Crippen LogP) is 1.85. The van der Waals surface area contributed by atoms with Crippen LogP contribution in [0.2, 0.25) is 0 Å². The van der Waals surface area contributed by atoms with E-state index in [1.54, 1.807) is 6.92 Å². The molecule has 0 aromatic heterocycles. The molecule has 1 saturated heterocycles. The van der Waals surface area contributed by atoms with Crippen LogP contribution in [0.25, 0.3) is 0 Å². The lowest BCUT2D eigenvalue weighted by molar-refractivity contribution is -0.251. The van der Waals surface area contributed by atoms with Crippen molar-refractivity contribution in [2.45, 2.75) is 44.6 Å². The van der Waals surface area contributed by atoms with E-state index in [4.69, 9.17) is 0 Å². The minimum atomic E-state index is -5.11. The zero-order valence-electron chi connectivity index (χ0n) is 16.5. The van der Waals surface area contributed by atoms with Gasteiger partial charge in [0, 0.05) is 30.7 Å². The first kappa shape index (κ1) is 22.7. The Kier molecular flexibility index (Phi) is 6.27. The molecule has 1 fully saturated rings. The largest absolute Gasteiger partial charge is 0.465 e. The van der Waals surface area contributed by atoms with Gasteiger partial charge in [0.15, 0.2) is 0 Å². The molecule has 1 heterocycles. The smallest absolute Gasteiger partial charge is 0.426 e. The average Bonchev–Trinajstić information content (AvgIpc) is 2.66. The van der Waals surface area contributed by atoms with Gasteiger partial charge in [-0.2, -0.15) is 13.2 Å². The molecule has 1 aliphatic heterocycles. The highest BCUT2D eigenvalue weighted by atomic mass is 19.4. The lowest BCUT2D eigenvalue weighted by Crippen LogP contribution is -2.65. The number of esters is 1. The number of carbonyl (C=O) groups is 3. The fraction of sp³-hybridized carbons (Fsp3) is 0.526. The summed E-state index contributed by atoms with van der Waals surface area (Å²) in [4.78, 5) is 39.0. The van der Waals surface area contributed by atoms with E-state index in [1.165, 1.54) is 43.2 Å². The Morgan fingerprint density at radius 1 is 1.00 bits per heavy atom. The van der Waals surface area contributed by atoms with E-state index >= 15 is 0 Å². The number of benzene rings is 1. The lowest BCUT2D eigenvalue weighted by atomic mass is 9.99. The van der Waals surface area contributed by atoms with Crippen molar-refractivity contribution in [3.05, 3.63) is 35.4 Å². The monoisotopic (exact) mass is 416 g/mol. The number of hydrogen-bond donors (Lipinski definition) is 1. The molecule has 29 heavy (non-hydrogen) atoms. The zero-order chi connectivity index (χ0) is 22.1. The van der Waals surface area contributed by atoms with Gasteiger partial charge in [0.25, 0.3) is 11.8 Å². The number of rotatable bonds is 3. The van der Waals surface area contributed by atoms with Gasteiger partial charge in [-0.3, -0.25) is 9.59 Å². The van der Waals surface area contributed by atoms with Gasteiger partial charge in [0.05, 0.1) is 12.7 Å². The summed E-state index contributed by atoms with van der Waals surface area (Å²) in [6.07, 6.45) is -5.11. The fourth-order valence-electron chi connectivity index (χ4n) is 3.13. The van der Waals surface area contributed by atoms with Gasteiger partial charge in [-0.15, -0.1) is 0 Å². The molecule has 2 rings (SSSR count). The van der Waals surface area contributed by atoms with Crippen molar-refractivity contribution in [1.29, 1.82) is 0 Å². The zero-order valence-corrected chi connectivity index (χ0v) is 16.5. The molecule has 1 aliphatic rings. The van der Waals surface area contributed by atoms with E-state index in [1.807, 2.05) is 0 Å². The molecule has 0 aliphatic carbocycles. The highest BCUT2D eigenvalue weighted by Crippen LogP contribution is 2.33. The summed E-state index contributed by atoms with van der Waals surface area (Å²) in [6.45, 7) is 3.38. The van der Waals surface area contributed by atoms with Crippen molar-refractivity contribution in [2.24, 2.45) is 0 Å². The van der Waals surface area contributed by atoms with Gasteiger partial charge in [0.1, 0.15) is 0 Å². The van der Waals surface area contributed by atoms with Gasteiger partial charge in [0.2, 0.25) is 5.60 Å². The summed E-state index contributed by atoms with van der Waals surface area (Å²) < 4.78 is 43.6. The molecule has 10 heteroatoms. The number of nitrogens with zero attached hydrogens (tertiary/aromatic N) is 2. The van der Waals surface area contributed by atoms with Crippen LogP contribution in [0.5, 0.6) is 0 Å². The summed E-state index contributed by atoms with van der Waals surface area (Å²) in [7, 11) is 1.24. The third-order valence-electron chi connectivity index (χ3n) is 5.03. The highest BCUT2D eigenvalue weighted by Gasteiger charge is 2.58. The molecule has 7 nitrogen and oxygen atoms in total. The number of halogens is 3. The summed E-state index contributed by atoms with van der Waals surface area (Å²) in [5, 5.41) is 9.69. The van der Waals surface area contributed by atoms with Crippen LogP contribution in [0.3, 0.4) is 0 Å². The van der Waals surface area contributed by atoms with Crippen molar-refractivity contribution in [3.8, 4) is 0 Å². The predicted molar refractivity (Wildman–Crippen MR) is 96.1 cm³/mol. The Bertz CT molecular complexity index is 792. The number of carbonyl (C=O) groups excluding carboxylic acids is 3. The van der Waals surface area contributed by atoms with Crippen LogP contribution in [-0.2, 0) is 9.53 Å². The Labute approximate surface area is 166 Å². The normalized spacial score (nSPS) is 22.1. The summed E-state index contributed by atoms with van der Waals surface area (Å²) in [5.41, 5.74) is -2.94. The van der Waals surface area contributed by atoms with Crippen LogP contribution >= 0.6 is 0 Å². The first-order valence-electron chi connectivity index (χ1n) is 8.90. The summed E-state index contributed by atoms with van der Waals surface area (Å²) >= 11 is 0. The number of piperazine rings is 1. The molecule has 1 N–H and O–H groups in total. The Balaban J connectivity index is 2.16. The van der Waals surface area contributed by atoms with Crippen LogP contribution in [0, 0.1) is 0 Å². The van der Waals surface area contributed by atoms with Crippen LogP contribution in [0.15, 0.2) is 24.3 Å². The molecule has 0 spiro atoms. The Morgan fingerprint density at radius 2 is 1.45 bits per heavy atom. The molecule has 3 atom stereocenters. The Hall–Kier alpha value is -2.62. The summed E-state index contributed by atoms with van der Waals surface area (Å²) in [5.74, 6) is -2.37. The van der Waals surface area contributed by atoms with Crippen molar-refractivity contribution in [2.75, 3.05) is 20.2 Å². The van der Waals surface area contributed by atoms with Gasteiger partial charge in [-0.05, 0) is 45.0 Å². The number of amides is 2. The molecule has 0 unspecified atom stereocenters. The second-order valence-corrected chi connectivity index (χ2v) is 7.25. The van der Waals surface area contributed by atoms with Gasteiger partial charge in [-0.1, -0.05) is 0 Å². The molecule has 0 bridgehead atoms. The maximum atomic E-state index is 13.0. The first-order valence-corrected chi connectivity index (χ1v) is 8.90. The number of methoxy groups -OCH3 is 1. The average molecular weight is 416 g/mol. The Morgan fingerprint density at radius 3 is 1.93 bits per heavy atom. The van der Waals surface area contributed by atoms with Gasteiger partial charge in [-0.25, -0.2) is 4.79 Å². The van der Waals surface area contributed by atoms with Crippen molar-refractivity contribution in [3.63, 3.8) is 0 Å².